The Bertz CT molecular complexity index is 563. The third-order valence-corrected chi connectivity index (χ3v) is 2.85. The molecule has 1 heterocycles. The Morgan fingerprint density at radius 3 is 2.88 bits per heavy atom. The number of benzene rings is 1. The molecule has 2 rings (SSSR count). The van der Waals surface area contributed by atoms with Crippen molar-refractivity contribution in [1.29, 1.82) is 0 Å². The van der Waals surface area contributed by atoms with Gasteiger partial charge in [-0.25, -0.2) is 0 Å². The quantitative estimate of drug-likeness (QED) is 0.880. The van der Waals surface area contributed by atoms with Crippen LogP contribution in [0.1, 0.15) is 18.1 Å². The number of aryl methyl sites for hydroxylation is 1. The van der Waals surface area contributed by atoms with Gasteiger partial charge in [0.2, 0.25) is 0 Å². The normalized spacial score (nSPS) is 12.6. The number of hydrogen-bond acceptors (Lipinski definition) is 2. The number of nitrogens with zero attached hydrogens (tertiary/aromatic N) is 1. The lowest BCUT2D eigenvalue weighted by molar-refractivity contribution is -0.141. The maximum atomic E-state index is 10.8. The van der Waals surface area contributed by atoms with Crippen molar-refractivity contribution in [3.05, 3.63) is 41.6 Å². The highest BCUT2D eigenvalue weighted by molar-refractivity contribution is 5.80. The summed E-state index contributed by atoms with van der Waals surface area (Å²) in [6, 6.07) is 7.98. The van der Waals surface area contributed by atoms with Gasteiger partial charge in [-0.2, -0.15) is 0 Å². The van der Waals surface area contributed by atoms with E-state index >= 15 is 0 Å². The van der Waals surface area contributed by atoms with Gasteiger partial charge in [-0.3, -0.25) is 9.78 Å². The highest BCUT2D eigenvalue weighted by Gasteiger charge is 2.11. The minimum absolute atomic E-state index is 0.356. The Hall–Kier alpha value is -1.90. The summed E-state index contributed by atoms with van der Waals surface area (Å²) in [5.74, 6) is -1.11. The number of aliphatic carboxylic acids is 1. The molecule has 0 radical (unpaired) electrons. The SMILES string of the molecule is Cc1cnc2ccc(CC(C)C(=O)O)cc2c1. The molecule has 0 bridgehead atoms. The van der Waals surface area contributed by atoms with Crippen molar-refractivity contribution in [3.8, 4) is 0 Å². The Morgan fingerprint density at radius 1 is 1.41 bits per heavy atom. The lowest BCUT2D eigenvalue weighted by Gasteiger charge is -2.07. The standard InChI is InChI=1S/C14H15NO2/c1-9-5-12-7-11(6-10(2)14(16)17)3-4-13(12)15-8-9/h3-5,7-8,10H,6H2,1-2H3,(H,16,17). The molecule has 2 aromatic rings. The fourth-order valence-electron chi connectivity index (χ4n) is 1.86. The van der Waals surface area contributed by atoms with E-state index in [9.17, 15) is 4.79 Å². The highest BCUT2D eigenvalue weighted by Crippen LogP contribution is 2.17. The van der Waals surface area contributed by atoms with Crippen LogP contribution < -0.4 is 0 Å². The van der Waals surface area contributed by atoms with Crippen LogP contribution in [0.25, 0.3) is 10.9 Å². The molecule has 0 aliphatic heterocycles. The van der Waals surface area contributed by atoms with Crippen molar-refractivity contribution in [2.75, 3.05) is 0 Å². The van der Waals surface area contributed by atoms with Crippen molar-refractivity contribution in [3.63, 3.8) is 0 Å². The van der Waals surface area contributed by atoms with Gasteiger partial charge in [0.05, 0.1) is 11.4 Å². The first kappa shape index (κ1) is 11.6. The Labute approximate surface area is 100 Å². The van der Waals surface area contributed by atoms with E-state index in [1.165, 1.54) is 0 Å². The number of fused-ring (bicyclic) bond motifs is 1. The van der Waals surface area contributed by atoms with E-state index in [0.29, 0.717) is 6.42 Å². The molecule has 0 amide bonds. The molecular formula is C14H15NO2. The lowest BCUT2D eigenvalue weighted by Crippen LogP contribution is -2.12. The summed E-state index contributed by atoms with van der Waals surface area (Å²) in [6.07, 6.45) is 2.39. The summed E-state index contributed by atoms with van der Waals surface area (Å²) in [5, 5.41) is 9.96. The summed E-state index contributed by atoms with van der Waals surface area (Å²) >= 11 is 0. The number of pyridine rings is 1. The van der Waals surface area contributed by atoms with Gasteiger partial charge in [0, 0.05) is 11.6 Å². The van der Waals surface area contributed by atoms with Gasteiger partial charge >= 0.3 is 5.97 Å². The Morgan fingerprint density at radius 2 is 2.18 bits per heavy atom. The van der Waals surface area contributed by atoms with Crippen LogP contribution in [0.4, 0.5) is 0 Å². The van der Waals surface area contributed by atoms with Gasteiger partial charge in [-0.15, -0.1) is 0 Å². The van der Waals surface area contributed by atoms with Crippen LogP contribution in [0.15, 0.2) is 30.5 Å². The van der Waals surface area contributed by atoms with Gasteiger partial charge < -0.3 is 5.11 Å². The average Bonchev–Trinajstić information content (AvgIpc) is 2.28. The topological polar surface area (TPSA) is 50.2 Å². The van der Waals surface area contributed by atoms with Gasteiger partial charge in [0.1, 0.15) is 0 Å². The van der Waals surface area contributed by atoms with Crippen LogP contribution in [0.3, 0.4) is 0 Å². The molecule has 0 aliphatic carbocycles. The average molecular weight is 229 g/mol. The van der Waals surface area contributed by atoms with E-state index in [4.69, 9.17) is 5.11 Å². The molecule has 1 unspecified atom stereocenters. The van der Waals surface area contributed by atoms with Crippen LogP contribution in [0, 0.1) is 12.8 Å². The predicted molar refractivity (Wildman–Crippen MR) is 67.0 cm³/mol. The van der Waals surface area contributed by atoms with E-state index in [0.717, 1.165) is 22.0 Å². The fourth-order valence-corrected chi connectivity index (χ4v) is 1.86. The highest BCUT2D eigenvalue weighted by atomic mass is 16.4. The number of carboxylic acid groups (broad SMARTS) is 1. The maximum absolute atomic E-state index is 10.8. The molecule has 88 valence electrons. The van der Waals surface area contributed by atoms with Gasteiger partial charge in [-0.05, 0) is 42.7 Å². The number of carbonyl (C=O) groups is 1. The van der Waals surface area contributed by atoms with E-state index in [2.05, 4.69) is 11.1 Å². The summed E-state index contributed by atoms with van der Waals surface area (Å²) in [5.41, 5.74) is 3.10. The number of rotatable bonds is 3. The fraction of sp³-hybridized carbons (Fsp3) is 0.286. The summed E-state index contributed by atoms with van der Waals surface area (Å²) < 4.78 is 0. The molecule has 1 aromatic heterocycles. The first-order valence-electron chi connectivity index (χ1n) is 5.64. The van der Waals surface area contributed by atoms with E-state index < -0.39 is 5.97 Å². The van der Waals surface area contributed by atoms with E-state index in [-0.39, 0.29) is 5.92 Å². The molecule has 1 aromatic carbocycles. The van der Waals surface area contributed by atoms with Crippen LogP contribution >= 0.6 is 0 Å². The third kappa shape index (κ3) is 2.61. The molecule has 0 aliphatic rings. The Balaban J connectivity index is 2.33. The minimum Gasteiger partial charge on any atom is -0.481 e. The zero-order chi connectivity index (χ0) is 12.4. The summed E-state index contributed by atoms with van der Waals surface area (Å²) in [7, 11) is 0. The molecule has 0 saturated heterocycles. The first-order valence-corrected chi connectivity index (χ1v) is 5.64. The first-order chi connectivity index (χ1) is 8.06. The minimum atomic E-state index is -0.757. The zero-order valence-corrected chi connectivity index (χ0v) is 9.97. The predicted octanol–water partition coefficient (Wildman–Crippen LogP) is 2.81. The smallest absolute Gasteiger partial charge is 0.306 e. The van der Waals surface area contributed by atoms with Gasteiger partial charge in [-0.1, -0.05) is 13.0 Å². The second kappa shape index (κ2) is 4.53. The molecule has 0 spiro atoms. The van der Waals surface area contributed by atoms with E-state index in [1.807, 2.05) is 31.3 Å². The van der Waals surface area contributed by atoms with Gasteiger partial charge in [0.25, 0.3) is 0 Å². The lowest BCUT2D eigenvalue weighted by atomic mass is 9.99. The molecule has 17 heavy (non-hydrogen) atoms. The van der Waals surface area contributed by atoms with E-state index in [1.54, 1.807) is 6.92 Å². The largest absolute Gasteiger partial charge is 0.481 e. The molecular weight excluding hydrogens is 214 g/mol. The third-order valence-electron chi connectivity index (χ3n) is 2.85. The molecule has 0 saturated carbocycles. The molecule has 3 heteroatoms. The number of carboxylic acids is 1. The molecule has 0 fully saturated rings. The van der Waals surface area contributed by atoms with Crippen molar-refractivity contribution >= 4 is 16.9 Å². The summed E-state index contributed by atoms with van der Waals surface area (Å²) in [4.78, 5) is 15.1. The zero-order valence-electron chi connectivity index (χ0n) is 9.97. The second-order valence-corrected chi connectivity index (χ2v) is 4.48. The molecule has 1 N–H and O–H groups in total. The number of aromatic nitrogens is 1. The van der Waals surface area contributed by atoms with Crippen LogP contribution in [-0.2, 0) is 11.2 Å². The molecule has 3 nitrogen and oxygen atoms in total. The molecule has 1 atom stereocenters. The van der Waals surface area contributed by atoms with Crippen molar-refractivity contribution in [1.82, 2.24) is 4.98 Å². The summed E-state index contributed by atoms with van der Waals surface area (Å²) in [6.45, 7) is 3.72. The van der Waals surface area contributed by atoms with Gasteiger partial charge in [0.15, 0.2) is 0 Å². The second-order valence-electron chi connectivity index (χ2n) is 4.48. The van der Waals surface area contributed by atoms with Crippen LogP contribution in [0.2, 0.25) is 0 Å². The maximum Gasteiger partial charge on any atom is 0.306 e. The number of hydrogen-bond donors (Lipinski definition) is 1. The van der Waals surface area contributed by atoms with Crippen LogP contribution in [0.5, 0.6) is 0 Å². The Kier molecular flexibility index (Phi) is 3.09. The van der Waals surface area contributed by atoms with Crippen molar-refractivity contribution in [2.24, 2.45) is 5.92 Å². The van der Waals surface area contributed by atoms with Crippen molar-refractivity contribution < 1.29 is 9.90 Å². The van der Waals surface area contributed by atoms with Crippen molar-refractivity contribution in [2.45, 2.75) is 20.3 Å². The monoisotopic (exact) mass is 229 g/mol. The van der Waals surface area contributed by atoms with Crippen LogP contribution in [-0.4, -0.2) is 16.1 Å².